The van der Waals surface area contributed by atoms with Crippen LogP contribution in [0.1, 0.15) is 17.7 Å². The van der Waals surface area contributed by atoms with Gasteiger partial charge in [0.25, 0.3) is 0 Å². The van der Waals surface area contributed by atoms with E-state index in [4.69, 9.17) is 0 Å². The molecule has 0 spiro atoms. The molecule has 19 heavy (non-hydrogen) atoms. The molecule has 1 heterocycles. The van der Waals surface area contributed by atoms with Crippen molar-refractivity contribution in [3.8, 4) is 0 Å². The number of anilines is 2. The van der Waals surface area contributed by atoms with E-state index in [9.17, 15) is 4.79 Å². The van der Waals surface area contributed by atoms with Crippen LogP contribution in [0.4, 0.5) is 11.4 Å². The normalized spacial score (nSPS) is 14.1. The van der Waals surface area contributed by atoms with Crippen LogP contribution in [0.3, 0.4) is 0 Å². The molecule has 4 heteroatoms. The summed E-state index contributed by atoms with van der Waals surface area (Å²) < 4.78 is 0. The first-order chi connectivity index (χ1) is 9.31. The van der Waals surface area contributed by atoms with Crippen molar-refractivity contribution < 1.29 is 4.79 Å². The van der Waals surface area contributed by atoms with E-state index < -0.39 is 0 Å². The van der Waals surface area contributed by atoms with E-state index in [1.807, 2.05) is 24.3 Å². The van der Waals surface area contributed by atoms with Gasteiger partial charge in [0.15, 0.2) is 0 Å². The summed E-state index contributed by atoms with van der Waals surface area (Å²) >= 11 is 1.74. The molecule has 0 aliphatic heterocycles. The topological polar surface area (TPSA) is 41.1 Å². The average molecular weight is 272 g/mol. The lowest BCUT2D eigenvalue weighted by Crippen LogP contribution is -2.13. The van der Waals surface area contributed by atoms with Gasteiger partial charge in [0, 0.05) is 28.7 Å². The summed E-state index contributed by atoms with van der Waals surface area (Å²) in [5.74, 6) is 0.399. The van der Waals surface area contributed by atoms with E-state index in [1.165, 1.54) is 4.88 Å². The molecule has 2 aromatic rings. The Balaban J connectivity index is 1.54. The molecule has 1 aromatic carbocycles. The van der Waals surface area contributed by atoms with Crippen molar-refractivity contribution in [3.63, 3.8) is 0 Å². The van der Waals surface area contributed by atoms with Crippen molar-refractivity contribution in [2.24, 2.45) is 5.92 Å². The Morgan fingerprint density at radius 3 is 2.53 bits per heavy atom. The van der Waals surface area contributed by atoms with Gasteiger partial charge in [-0.2, -0.15) is 0 Å². The lowest BCUT2D eigenvalue weighted by Gasteiger charge is -2.07. The zero-order valence-corrected chi connectivity index (χ0v) is 11.4. The standard InChI is InChI=1S/C15H16N2OS/c18-15(11-3-4-11)17-13-7-5-12(6-8-13)16-10-14-2-1-9-19-14/h1-2,5-9,11,16H,3-4,10H2,(H,17,18). The van der Waals surface area contributed by atoms with Gasteiger partial charge in [0.2, 0.25) is 5.91 Å². The summed E-state index contributed by atoms with van der Waals surface area (Å²) in [7, 11) is 0. The summed E-state index contributed by atoms with van der Waals surface area (Å²) in [4.78, 5) is 12.9. The molecular formula is C15H16N2OS. The Labute approximate surface area is 116 Å². The van der Waals surface area contributed by atoms with E-state index in [2.05, 4.69) is 28.1 Å². The molecule has 0 unspecified atom stereocenters. The monoisotopic (exact) mass is 272 g/mol. The fraction of sp³-hybridized carbons (Fsp3) is 0.267. The molecule has 1 aliphatic carbocycles. The summed E-state index contributed by atoms with van der Waals surface area (Å²) in [5.41, 5.74) is 1.94. The maximum absolute atomic E-state index is 11.6. The van der Waals surface area contributed by atoms with Crippen molar-refractivity contribution in [1.82, 2.24) is 0 Å². The van der Waals surface area contributed by atoms with Crippen molar-refractivity contribution >= 4 is 28.6 Å². The minimum absolute atomic E-state index is 0.152. The molecule has 1 fully saturated rings. The molecule has 3 nitrogen and oxygen atoms in total. The number of carbonyl (C=O) groups excluding carboxylic acids is 1. The van der Waals surface area contributed by atoms with Gasteiger partial charge in [0.1, 0.15) is 0 Å². The van der Waals surface area contributed by atoms with Crippen LogP contribution < -0.4 is 10.6 Å². The van der Waals surface area contributed by atoms with Gasteiger partial charge in [-0.15, -0.1) is 11.3 Å². The van der Waals surface area contributed by atoms with Crippen LogP contribution in [0.2, 0.25) is 0 Å². The largest absolute Gasteiger partial charge is 0.380 e. The van der Waals surface area contributed by atoms with Gasteiger partial charge in [0.05, 0.1) is 0 Å². The van der Waals surface area contributed by atoms with Crippen LogP contribution >= 0.6 is 11.3 Å². The second kappa shape index (κ2) is 5.45. The Kier molecular flexibility index (Phi) is 3.51. The SMILES string of the molecule is O=C(Nc1ccc(NCc2cccs2)cc1)C1CC1. The van der Waals surface area contributed by atoms with Crippen LogP contribution in [0, 0.1) is 5.92 Å². The summed E-state index contributed by atoms with van der Waals surface area (Å²) in [6, 6.07) is 12.0. The third kappa shape index (κ3) is 3.35. The van der Waals surface area contributed by atoms with Gasteiger partial charge in [-0.3, -0.25) is 4.79 Å². The number of hydrogen-bond acceptors (Lipinski definition) is 3. The molecule has 1 amide bonds. The summed E-state index contributed by atoms with van der Waals surface area (Å²) in [5, 5.41) is 8.37. The van der Waals surface area contributed by atoms with E-state index in [-0.39, 0.29) is 11.8 Å². The first kappa shape index (κ1) is 12.2. The maximum Gasteiger partial charge on any atom is 0.227 e. The smallest absolute Gasteiger partial charge is 0.227 e. The minimum Gasteiger partial charge on any atom is -0.380 e. The molecule has 0 bridgehead atoms. The van der Waals surface area contributed by atoms with Crippen LogP contribution in [0.25, 0.3) is 0 Å². The molecule has 2 N–H and O–H groups in total. The molecule has 0 saturated heterocycles. The molecule has 1 aromatic heterocycles. The predicted molar refractivity (Wildman–Crippen MR) is 79.4 cm³/mol. The first-order valence-corrected chi connectivity index (χ1v) is 7.36. The van der Waals surface area contributed by atoms with Crippen LogP contribution in [-0.4, -0.2) is 5.91 Å². The van der Waals surface area contributed by atoms with Crippen molar-refractivity contribution in [2.45, 2.75) is 19.4 Å². The van der Waals surface area contributed by atoms with Crippen molar-refractivity contribution in [2.75, 3.05) is 10.6 Å². The zero-order chi connectivity index (χ0) is 13.1. The summed E-state index contributed by atoms with van der Waals surface area (Å²) in [6.07, 6.45) is 2.07. The molecule has 0 radical (unpaired) electrons. The van der Waals surface area contributed by atoms with E-state index >= 15 is 0 Å². The van der Waals surface area contributed by atoms with Crippen LogP contribution in [-0.2, 0) is 11.3 Å². The fourth-order valence-corrected chi connectivity index (χ4v) is 2.51. The first-order valence-electron chi connectivity index (χ1n) is 6.48. The molecule has 98 valence electrons. The van der Waals surface area contributed by atoms with Gasteiger partial charge < -0.3 is 10.6 Å². The number of hydrogen-bond donors (Lipinski definition) is 2. The van der Waals surface area contributed by atoms with E-state index in [0.29, 0.717) is 0 Å². The second-order valence-electron chi connectivity index (χ2n) is 4.77. The quantitative estimate of drug-likeness (QED) is 0.871. The van der Waals surface area contributed by atoms with Crippen molar-refractivity contribution in [1.29, 1.82) is 0 Å². The zero-order valence-electron chi connectivity index (χ0n) is 10.6. The number of amides is 1. The van der Waals surface area contributed by atoms with Gasteiger partial charge in [-0.25, -0.2) is 0 Å². The highest BCUT2D eigenvalue weighted by Gasteiger charge is 2.29. The predicted octanol–water partition coefficient (Wildman–Crippen LogP) is 3.71. The van der Waals surface area contributed by atoms with Gasteiger partial charge in [-0.05, 0) is 48.6 Å². The lowest BCUT2D eigenvalue weighted by atomic mass is 10.2. The number of nitrogens with one attached hydrogen (secondary N) is 2. The Hall–Kier alpha value is -1.81. The molecular weight excluding hydrogens is 256 g/mol. The van der Waals surface area contributed by atoms with E-state index in [0.717, 1.165) is 30.8 Å². The number of rotatable bonds is 5. The van der Waals surface area contributed by atoms with Gasteiger partial charge in [-0.1, -0.05) is 6.07 Å². The summed E-state index contributed by atoms with van der Waals surface area (Å²) in [6.45, 7) is 0.839. The Bertz CT molecular complexity index is 544. The number of benzene rings is 1. The second-order valence-corrected chi connectivity index (χ2v) is 5.81. The highest BCUT2D eigenvalue weighted by Crippen LogP contribution is 2.30. The molecule has 0 atom stereocenters. The molecule has 3 rings (SSSR count). The highest BCUT2D eigenvalue weighted by molar-refractivity contribution is 7.09. The van der Waals surface area contributed by atoms with Crippen LogP contribution in [0.5, 0.6) is 0 Å². The highest BCUT2D eigenvalue weighted by atomic mass is 32.1. The van der Waals surface area contributed by atoms with Crippen molar-refractivity contribution in [3.05, 3.63) is 46.7 Å². The number of carbonyl (C=O) groups is 1. The average Bonchev–Trinajstić information content (AvgIpc) is 3.16. The lowest BCUT2D eigenvalue weighted by molar-refractivity contribution is -0.117. The van der Waals surface area contributed by atoms with Crippen LogP contribution in [0.15, 0.2) is 41.8 Å². The third-order valence-corrected chi connectivity index (χ3v) is 4.02. The third-order valence-electron chi connectivity index (χ3n) is 3.15. The molecule has 1 aliphatic rings. The Morgan fingerprint density at radius 1 is 1.16 bits per heavy atom. The Morgan fingerprint density at radius 2 is 1.89 bits per heavy atom. The fourth-order valence-electron chi connectivity index (χ4n) is 1.86. The van der Waals surface area contributed by atoms with E-state index in [1.54, 1.807) is 11.3 Å². The maximum atomic E-state index is 11.6. The number of thiophene rings is 1. The minimum atomic E-state index is 0.152. The van der Waals surface area contributed by atoms with Gasteiger partial charge >= 0.3 is 0 Å². The molecule has 1 saturated carbocycles.